The Kier molecular flexibility index (Phi) is 6.84. The molecule has 0 aliphatic heterocycles. The third kappa shape index (κ3) is 5.67. The van der Waals surface area contributed by atoms with Crippen LogP contribution in [0.3, 0.4) is 0 Å². The molecule has 0 fully saturated rings. The Balaban J connectivity index is 2.37. The molecule has 0 radical (unpaired) electrons. The zero-order valence-corrected chi connectivity index (χ0v) is 10.9. The number of nitrogens with one attached hydrogen (secondary N) is 1. The van der Waals surface area contributed by atoms with Crippen LogP contribution in [0.25, 0.3) is 0 Å². The summed E-state index contributed by atoms with van der Waals surface area (Å²) in [4.78, 5) is 11.5. The average Bonchev–Trinajstić information content (AvgIpc) is 2.42. The van der Waals surface area contributed by atoms with E-state index < -0.39 is 0 Å². The monoisotopic (exact) mass is 270 g/mol. The lowest BCUT2D eigenvalue weighted by Gasteiger charge is -2.10. The summed E-state index contributed by atoms with van der Waals surface area (Å²) < 4.78 is 23.1. The molecule has 6 heteroatoms. The first-order valence-corrected chi connectivity index (χ1v) is 6.04. The van der Waals surface area contributed by atoms with Gasteiger partial charge in [0.15, 0.2) is 6.61 Å². The lowest BCUT2D eigenvalue weighted by atomic mass is 10.2. The average molecular weight is 270 g/mol. The van der Waals surface area contributed by atoms with Crippen molar-refractivity contribution in [2.75, 3.05) is 26.9 Å². The van der Waals surface area contributed by atoms with Gasteiger partial charge in [0.25, 0.3) is 5.91 Å². The predicted molar refractivity (Wildman–Crippen MR) is 69.3 cm³/mol. The predicted octanol–water partition coefficient (Wildman–Crippen LogP) is 0.816. The zero-order chi connectivity index (χ0) is 14.1. The SMILES string of the molecule is COCCCNC(=O)COc1ccc(F)cc1CN. The topological polar surface area (TPSA) is 73.6 Å². The molecular formula is C13H19FN2O3. The van der Waals surface area contributed by atoms with Crippen molar-refractivity contribution in [3.8, 4) is 5.75 Å². The number of hydrogen-bond acceptors (Lipinski definition) is 4. The molecule has 0 saturated carbocycles. The number of methoxy groups -OCH3 is 1. The molecule has 0 saturated heterocycles. The van der Waals surface area contributed by atoms with Gasteiger partial charge in [-0.15, -0.1) is 0 Å². The van der Waals surface area contributed by atoms with Crippen molar-refractivity contribution >= 4 is 5.91 Å². The molecule has 1 aromatic rings. The Bertz CT molecular complexity index is 413. The van der Waals surface area contributed by atoms with Gasteiger partial charge in [-0.3, -0.25) is 4.79 Å². The molecule has 1 amide bonds. The van der Waals surface area contributed by atoms with E-state index >= 15 is 0 Å². The van der Waals surface area contributed by atoms with Crippen molar-refractivity contribution in [1.29, 1.82) is 0 Å². The molecular weight excluding hydrogens is 251 g/mol. The molecule has 19 heavy (non-hydrogen) atoms. The summed E-state index contributed by atoms with van der Waals surface area (Å²) in [5.41, 5.74) is 6.01. The van der Waals surface area contributed by atoms with E-state index in [1.807, 2.05) is 0 Å². The molecule has 0 spiro atoms. The van der Waals surface area contributed by atoms with Gasteiger partial charge in [0.1, 0.15) is 11.6 Å². The molecule has 1 aromatic carbocycles. The highest BCUT2D eigenvalue weighted by Gasteiger charge is 2.07. The van der Waals surface area contributed by atoms with Crippen LogP contribution >= 0.6 is 0 Å². The summed E-state index contributed by atoms with van der Waals surface area (Å²) in [7, 11) is 1.60. The Labute approximate surface area is 111 Å². The Morgan fingerprint density at radius 2 is 2.26 bits per heavy atom. The second kappa shape index (κ2) is 8.44. The van der Waals surface area contributed by atoms with E-state index in [1.165, 1.54) is 18.2 Å². The minimum atomic E-state index is -0.378. The van der Waals surface area contributed by atoms with Crippen molar-refractivity contribution in [2.45, 2.75) is 13.0 Å². The van der Waals surface area contributed by atoms with Gasteiger partial charge in [0, 0.05) is 32.4 Å². The van der Waals surface area contributed by atoms with Crippen LogP contribution in [0.15, 0.2) is 18.2 Å². The van der Waals surface area contributed by atoms with E-state index in [9.17, 15) is 9.18 Å². The molecule has 106 valence electrons. The van der Waals surface area contributed by atoms with Gasteiger partial charge in [-0.05, 0) is 24.6 Å². The summed E-state index contributed by atoms with van der Waals surface area (Å²) in [5.74, 6) is -0.184. The number of carbonyl (C=O) groups excluding carboxylic acids is 1. The van der Waals surface area contributed by atoms with Crippen LogP contribution in [0.5, 0.6) is 5.75 Å². The molecule has 0 atom stereocenters. The number of amides is 1. The van der Waals surface area contributed by atoms with E-state index in [-0.39, 0.29) is 24.9 Å². The summed E-state index contributed by atoms with van der Waals surface area (Å²) >= 11 is 0. The summed E-state index contributed by atoms with van der Waals surface area (Å²) in [6.07, 6.45) is 0.743. The molecule has 0 aliphatic carbocycles. The summed E-state index contributed by atoms with van der Waals surface area (Å²) in [6.45, 7) is 1.16. The summed E-state index contributed by atoms with van der Waals surface area (Å²) in [5, 5.41) is 2.69. The van der Waals surface area contributed by atoms with Crippen LogP contribution in [-0.2, 0) is 16.1 Å². The van der Waals surface area contributed by atoms with Crippen molar-refractivity contribution in [3.05, 3.63) is 29.6 Å². The zero-order valence-electron chi connectivity index (χ0n) is 10.9. The molecule has 3 N–H and O–H groups in total. The van der Waals surface area contributed by atoms with Crippen molar-refractivity contribution in [2.24, 2.45) is 5.73 Å². The minimum absolute atomic E-state index is 0.119. The maximum atomic E-state index is 13.0. The van der Waals surface area contributed by atoms with E-state index in [2.05, 4.69) is 5.32 Å². The van der Waals surface area contributed by atoms with Gasteiger partial charge in [-0.1, -0.05) is 0 Å². The van der Waals surface area contributed by atoms with Gasteiger partial charge >= 0.3 is 0 Å². The first-order valence-electron chi connectivity index (χ1n) is 6.04. The van der Waals surface area contributed by atoms with Crippen LogP contribution < -0.4 is 15.8 Å². The van der Waals surface area contributed by atoms with Crippen LogP contribution in [0, 0.1) is 5.82 Å². The van der Waals surface area contributed by atoms with Gasteiger partial charge < -0.3 is 20.5 Å². The van der Waals surface area contributed by atoms with E-state index in [0.29, 0.717) is 24.5 Å². The highest BCUT2D eigenvalue weighted by atomic mass is 19.1. The third-order valence-electron chi connectivity index (χ3n) is 2.45. The third-order valence-corrected chi connectivity index (χ3v) is 2.45. The number of rotatable bonds is 8. The second-order valence-electron chi connectivity index (χ2n) is 3.94. The Morgan fingerprint density at radius 1 is 1.47 bits per heavy atom. The largest absolute Gasteiger partial charge is 0.483 e. The Morgan fingerprint density at radius 3 is 2.95 bits per heavy atom. The first kappa shape index (κ1) is 15.4. The van der Waals surface area contributed by atoms with Crippen LogP contribution in [0.1, 0.15) is 12.0 Å². The first-order chi connectivity index (χ1) is 9.17. The van der Waals surface area contributed by atoms with Crippen LogP contribution in [-0.4, -0.2) is 32.8 Å². The van der Waals surface area contributed by atoms with Crippen molar-refractivity contribution < 1.29 is 18.7 Å². The van der Waals surface area contributed by atoms with E-state index in [4.69, 9.17) is 15.2 Å². The lowest BCUT2D eigenvalue weighted by Crippen LogP contribution is -2.30. The quantitative estimate of drug-likeness (QED) is 0.686. The van der Waals surface area contributed by atoms with E-state index in [0.717, 1.165) is 6.42 Å². The highest BCUT2D eigenvalue weighted by Crippen LogP contribution is 2.18. The fraction of sp³-hybridized carbons (Fsp3) is 0.462. The fourth-order valence-electron chi connectivity index (χ4n) is 1.49. The lowest BCUT2D eigenvalue weighted by molar-refractivity contribution is -0.123. The molecule has 0 bridgehead atoms. The van der Waals surface area contributed by atoms with Crippen LogP contribution in [0.2, 0.25) is 0 Å². The van der Waals surface area contributed by atoms with E-state index in [1.54, 1.807) is 7.11 Å². The highest BCUT2D eigenvalue weighted by molar-refractivity contribution is 5.77. The molecule has 5 nitrogen and oxygen atoms in total. The minimum Gasteiger partial charge on any atom is -0.483 e. The summed E-state index contributed by atoms with van der Waals surface area (Å²) in [6, 6.07) is 4.03. The second-order valence-corrected chi connectivity index (χ2v) is 3.94. The fourth-order valence-corrected chi connectivity index (χ4v) is 1.49. The number of hydrogen-bond donors (Lipinski definition) is 2. The number of nitrogens with two attached hydrogens (primary N) is 1. The van der Waals surface area contributed by atoms with Gasteiger partial charge in [-0.2, -0.15) is 0 Å². The number of carbonyl (C=O) groups is 1. The number of ether oxygens (including phenoxy) is 2. The maximum Gasteiger partial charge on any atom is 0.257 e. The van der Waals surface area contributed by atoms with Gasteiger partial charge in [0.05, 0.1) is 0 Å². The molecule has 0 aliphatic rings. The van der Waals surface area contributed by atoms with Gasteiger partial charge in [0.2, 0.25) is 0 Å². The smallest absolute Gasteiger partial charge is 0.257 e. The number of halogens is 1. The number of benzene rings is 1. The van der Waals surface area contributed by atoms with Crippen molar-refractivity contribution in [3.63, 3.8) is 0 Å². The molecule has 1 rings (SSSR count). The molecule has 0 aromatic heterocycles. The molecule has 0 unspecified atom stereocenters. The normalized spacial score (nSPS) is 10.3. The van der Waals surface area contributed by atoms with Gasteiger partial charge in [-0.25, -0.2) is 4.39 Å². The van der Waals surface area contributed by atoms with Crippen molar-refractivity contribution in [1.82, 2.24) is 5.32 Å². The standard InChI is InChI=1S/C13H19FN2O3/c1-18-6-2-5-16-13(17)9-19-12-4-3-11(14)7-10(12)8-15/h3-4,7H,2,5-6,8-9,15H2,1H3,(H,16,17). The Hall–Kier alpha value is -1.66. The molecule has 0 heterocycles. The maximum absolute atomic E-state index is 13.0. The van der Waals surface area contributed by atoms with Crippen LogP contribution in [0.4, 0.5) is 4.39 Å².